The molecule has 3 rings (SSSR count). The van der Waals surface area contributed by atoms with Crippen LogP contribution in [0.25, 0.3) is 11.3 Å². The first kappa shape index (κ1) is 14.6. The summed E-state index contributed by atoms with van der Waals surface area (Å²) < 4.78 is 13.7. The Kier molecular flexibility index (Phi) is 4.13. The van der Waals surface area contributed by atoms with Gasteiger partial charge in [0.1, 0.15) is 5.82 Å². The number of piperidine rings is 1. The molecule has 1 fully saturated rings. The van der Waals surface area contributed by atoms with Gasteiger partial charge in [0.15, 0.2) is 0 Å². The zero-order valence-corrected chi connectivity index (χ0v) is 12.5. The van der Waals surface area contributed by atoms with Crippen LogP contribution in [0.3, 0.4) is 0 Å². The Bertz CT molecular complexity index is 664. The van der Waals surface area contributed by atoms with Crippen LogP contribution in [0.2, 0.25) is 0 Å². The molecule has 1 aliphatic rings. The van der Waals surface area contributed by atoms with Crippen molar-refractivity contribution < 1.29 is 9.18 Å². The second kappa shape index (κ2) is 6.22. The maximum Gasteiger partial charge on any atom is 0.219 e. The molecule has 0 atom stereocenters. The molecule has 0 saturated carbocycles. The van der Waals surface area contributed by atoms with Gasteiger partial charge in [-0.05, 0) is 25.0 Å². The molecule has 0 bridgehead atoms. The number of benzene rings is 1. The first-order valence-electron chi connectivity index (χ1n) is 7.47. The number of aromatic nitrogens is 2. The second-order valence-corrected chi connectivity index (χ2v) is 5.59. The maximum absolute atomic E-state index is 13.7. The van der Waals surface area contributed by atoms with E-state index in [-0.39, 0.29) is 11.7 Å². The van der Waals surface area contributed by atoms with Gasteiger partial charge < -0.3 is 4.90 Å². The summed E-state index contributed by atoms with van der Waals surface area (Å²) in [6.07, 6.45) is 5.15. The van der Waals surface area contributed by atoms with E-state index in [1.54, 1.807) is 37.5 Å². The fourth-order valence-corrected chi connectivity index (χ4v) is 2.85. The molecule has 1 saturated heterocycles. The minimum absolute atomic E-state index is 0.124. The van der Waals surface area contributed by atoms with Crippen LogP contribution < -0.4 is 0 Å². The van der Waals surface area contributed by atoms with Crippen molar-refractivity contribution in [3.05, 3.63) is 48.2 Å². The molecule has 22 heavy (non-hydrogen) atoms. The monoisotopic (exact) mass is 299 g/mol. The normalized spacial score (nSPS) is 15.8. The zero-order valence-electron chi connectivity index (χ0n) is 12.5. The minimum Gasteiger partial charge on any atom is -0.343 e. The molecule has 0 N–H and O–H groups in total. The standard InChI is InChI=1S/C17H18FN3O/c1-12(22)21-8-6-13(7-9-21)16-10-20-17(11-19-16)14-4-2-3-5-15(14)18/h2-5,10-11,13H,6-9H2,1H3. The summed E-state index contributed by atoms with van der Waals surface area (Å²) in [6, 6.07) is 6.56. The number of nitrogens with zero attached hydrogens (tertiary/aromatic N) is 3. The van der Waals surface area contributed by atoms with Crippen LogP contribution in [0.15, 0.2) is 36.7 Å². The first-order valence-corrected chi connectivity index (χ1v) is 7.47. The Hall–Kier alpha value is -2.30. The van der Waals surface area contributed by atoms with E-state index in [0.717, 1.165) is 31.6 Å². The fraction of sp³-hybridized carbons (Fsp3) is 0.353. The van der Waals surface area contributed by atoms with Gasteiger partial charge in [-0.1, -0.05) is 12.1 Å². The van der Waals surface area contributed by atoms with Crippen LogP contribution >= 0.6 is 0 Å². The van der Waals surface area contributed by atoms with Crippen molar-refractivity contribution in [3.8, 4) is 11.3 Å². The van der Waals surface area contributed by atoms with Crippen molar-refractivity contribution >= 4 is 5.91 Å². The molecular formula is C17H18FN3O. The van der Waals surface area contributed by atoms with Gasteiger partial charge in [-0.3, -0.25) is 14.8 Å². The molecule has 0 spiro atoms. The molecule has 0 radical (unpaired) electrons. The van der Waals surface area contributed by atoms with Crippen molar-refractivity contribution in [2.24, 2.45) is 0 Å². The molecule has 5 heteroatoms. The van der Waals surface area contributed by atoms with Crippen molar-refractivity contribution in [2.75, 3.05) is 13.1 Å². The lowest BCUT2D eigenvalue weighted by atomic mass is 9.93. The highest BCUT2D eigenvalue weighted by Crippen LogP contribution is 2.27. The average Bonchev–Trinajstić information content (AvgIpc) is 2.56. The molecular weight excluding hydrogens is 281 g/mol. The number of rotatable bonds is 2. The van der Waals surface area contributed by atoms with Crippen LogP contribution in [-0.2, 0) is 4.79 Å². The quantitative estimate of drug-likeness (QED) is 0.856. The van der Waals surface area contributed by atoms with E-state index in [9.17, 15) is 9.18 Å². The van der Waals surface area contributed by atoms with Crippen LogP contribution in [0.1, 0.15) is 31.4 Å². The molecule has 1 aromatic carbocycles. The van der Waals surface area contributed by atoms with E-state index in [2.05, 4.69) is 9.97 Å². The van der Waals surface area contributed by atoms with Crippen LogP contribution in [-0.4, -0.2) is 33.9 Å². The molecule has 1 aliphatic heterocycles. The van der Waals surface area contributed by atoms with Crippen LogP contribution in [0.5, 0.6) is 0 Å². The molecule has 1 amide bonds. The Balaban J connectivity index is 1.73. The van der Waals surface area contributed by atoms with Crippen molar-refractivity contribution in [2.45, 2.75) is 25.7 Å². The summed E-state index contributed by atoms with van der Waals surface area (Å²) >= 11 is 0. The highest BCUT2D eigenvalue weighted by Gasteiger charge is 2.23. The summed E-state index contributed by atoms with van der Waals surface area (Å²) in [7, 11) is 0. The number of carbonyl (C=O) groups is 1. The van der Waals surface area contributed by atoms with Crippen molar-refractivity contribution in [1.29, 1.82) is 0 Å². The number of halogens is 1. The van der Waals surface area contributed by atoms with E-state index in [1.165, 1.54) is 6.07 Å². The molecule has 0 unspecified atom stereocenters. The Morgan fingerprint density at radius 2 is 1.91 bits per heavy atom. The minimum atomic E-state index is -0.292. The summed E-state index contributed by atoms with van der Waals surface area (Å²) in [4.78, 5) is 22.0. The molecule has 2 heterocycles. The van der Waals surface area contributed by atoms with Gasteiger partial charge >= 0.3 is 0 Å². The predicted molar refractivity (Wildman–Crippen MR) is 81.7 cm³/mol. The SMILES string of the molecule is CC(=O)N1CCC(c2cnc(-c3ccccc3F)cn2)CC1. The summed E-state index contributed by atoms with van der Waals surface area (Å²) in [5.41, 5.74) is 1.93. The lowest BCUT2D eigenvalue weighted by Gasteiger charge is -2.30. The smallest absolute Gasteiger partial charge is 0.219 e. The number of likely N-dealkylation sites (tertiary alicyclic amines) is 1. The van der Waals surface area contributed by atoms with Gasteiger partial charge in [0.25, 0.3) is 0 Å². The summed E-state index contributed by atoms with van der Waals surface area (Å²) in [5.74, 6) is 0.150. The van der Waals surface area contributed by atoms with E-state index in [0.29, 0.717) is 17.2 Å². The van der Waals surface area contributed by atoms with Gasteiger partial charge in [-0.25, -0.2) is 4.39 Å². The third-order valence-corrected chi connectivity index (χ3v) is 4.18. The fourth-order valence-electron chi connectivity index (χ4n) is 2.85. The molecule has 2 aromatic rings. The summed E-state index contributed by atoms with van der Waals surface area (Å²) in [5, 5.41) is 0. The molecule has 0 aliphatic carbocycles. The zero-order chi connectivity index (χ0) is 15.5. The lowest BCUT2D eigenvalue weighted by molar-refractivity contribution is -0.129. The van der Waals surface area contributed by atoms with Crippen molar-refractivity contribution in [1.82, 2.24) is 14.9 Å². The second-order valence-electron chi connectivity index (χ2n) is 5.59. The largest absolute Gasteiger partial charge is 0.343 e. The Morgan fingerprint density at radius 1 is 1.18 bits per heavy atom. The van der Waals surface area contributed by atoms with Crippen LogP contribution in [0, 0.1) is 5.82 Å². The third-order valence-electron chi connectivity index (χ3n) is 4.18. The number of amides is 1. The summed E-state index contributed by atoms with van der Waals surface area (Å²) in [6.45, 7) is 3.12. The van der Waals surface area contributed by atoms with Crippen LogP contribution in [0.4, 0.5) is 4.39 Å². The van der Waals surface area contributed by atoms with Gasteiger partial charge in [0.2, 0.25) is 5.91 Å². The number of hydrogen-bond donors (Lipinski definition) is 0. The Morgan fingerprint density at radius 3 is 2.50 bits per heavy atom. The van der Waals surface area contributed by atoms with Gasteiger partial charge in [0, 0.05) is 37.7 Å². The number of carbonyl (C=O) groups excluding carboxylic acids is 1. The predicted octanol–water partition coefficient (Wildman–Crippen LogP) is 3.01. The molecule has 1 aromatic heterocycles. The highest BCUT2D eigenvalue weighted by atomic mass is 19.1. The topological polar surface area (TPSA) is 46.1 Å². The van der Waals surface area contributed by atoms with Gasteiger partial charge in [0.05, 0.1) is 17.6 Å². The van der Waals surface area contributed by atoms with Gasteiger partial charge in [-0.2, -0.15) is 0 Å². The number of hydrogen-bond acceptors (Lipinski definition) is 3. The first-order chi connectivity index (χ1) is 10.6. The van der Waals surface area contributed by atoms with Gasteiger partial charge in [-0.15, -0.1) is 0 Å². The van der Waals surface area contributed by atoms with Crippen molar-refractivity contribution in [3.63, 3.8) is 0 Å². The Labute approximate surface area is 129 Å². The highest BCUT2D eigenvalue weighted by molar-refractivity contribution is 5.73. The third kappa shape index (κ3) is 2.98. The molecule has 4 nitrogen and oxygen atoms in total. The van der Waals surface area contributed by atoms with E-state index >= 15 is 0 Å². The lowest BCUT2D eigenvalue weighted by Crippen LogP contribution is -2.36. The van der Waals surface area contributed by atoms with E-state index in [1.807, 2.05) is 4.90 Å². The van der Waals surface area contributed by atoms with E-state index in [4.69, 9.17) is 0 Å². The maximum atomic E-state index is 13.7. The average molecular weight is 299 g/mol. The van der Waals surface area contributed by atoms with E-state index < -0.39 is 0 Å². The molecule has 114 valence electrons.